The van der Waals surface area contributed by atoms with Crippen molar-refractivity contribution in [2.45, 2.75) is 56.1 Å². The first-order chi connectivity index (χ1) is 14.9. The standard InChI is InChI=1S/C20H23FN4O5S/c1-29-11-9-25-19(30-10-11)16(8-22-25)31(27,28)24-20(26)23-18-14-6-2-4-12(14)17(21)13-5-3-7-15(13)18/h8,11H,2-7,9-10H2,1H3,(H2,23,24,26)/t11-/m1/s1. The molecule has 1 aromatic heterocycles. The molecule has 2 aliphatic carbocycles. The van der Waals surface area contributed by atoms with Crippen LogP contribution in [-0.4, -0.2) is 44.1 Å². The molecule has 0 unspecified atom stereocenters. The quantitative estimate of drug-likeness (QED) is 0.736. The van der Waals surface area contributed by atoms with Gasteiger partial charge in [0.1, 0.15) is 18.5 Å². The van der Waals surface area contributed by atoms with Crippen LogP contribution in [0.2, 0.25) is 0 Å². The van der Waals surface area contributed by atoms with E-state index < -0.39 is 16.1 Å². The van der Waals surface area contributed by atoms with Crippen molar-refractivity contribution >= 4 is 21.7 Å². The Labute approximate surface area is 179 Å². The van der Waals surface area contributed by atoms with Crippen LogP contribution in [0.1, 0.15) is 35.1 Å². The second kappa shape index (κ2) is 7.49. The monoisotopic (exact) mass is 450 g/mol. The van der Waals surface area contributed by atoms with Gasteiger partial charge < -0.3 is 14.8 Å². The van der Waals surface area contributed by atoms with E-state index in [0.29, 0.717) is 49.0 Å². The molecule has 2 aromatic rings. The number of fused-ring (bicyclic) bond motifs is 3. The van der Waals surface area contributed by atoms with E-state index in [1.54, 1.807) is 0 Å². The fourth-order valence-corrected chi connectivity index (χ4v) is 5.72. The molecule has 1 atom stereocenters. The maximum Gasteiger partial charge on any atom is 0.333 e. The van der Waals surface area contributed by atoms with Crippen LogP contribution in [0.5, 0.6) is 5.88 Å². The van der Waals surface area contributed by atoms with E-state index in [1.807, 2.05) is 4.72 Å². The highest BCUT2D eigenvalue weighted by Crippen LogP contribution is 2.41. The molecule has 2 heterocycles. The predicted octanol–water partition coefficient (Wildman–Crippen LogP) is 1.92. The fourth-order valence-electron chi connectivity index (χ4n) is 4.73. The van der Waals surface area contributed by atoms with Crippen LogP contribution in [0.25, 0.3) is 0 Å². The minimum atomic E-state index is -4.22. The van der Waals surface area contributed by atoms with Crippen molar-refractivity contribution in [3.8, 4) is 5.88 Å². The Morgan fingerprint density at radius 1 is 1.19 bits per heavy atom. The van der Waals surface area contributed by atoms with Gasteiger partial charge in [-0.05, 0) is 60.8 Å². The lowest BCUT2D eigenvalue weighted by atomic mass is 9.98. The van der Waals surface area contributed by atoms with Gasteiger partial charge in [0, 0.05) is 12.8 Å². The number of halogens is 1. The molecule has 31 heavy (non-hydrogen) atoms. The van der Waals surface area contributed by atoms with E-state index >= 15 is 0 Å². The van der Waals surface area contributed by atoms with Crippen LogP contribution in [0.4, 0.5) is 14.9 Å². The van der Waals surface area contributed by atoms with Crippen LogP contribution < -0.4 is 14.8 Å². The number of nitrogens with zero attached hydrogens (tertiary/aromatic N) is 2. The molecule has 0 saturated carbocycles. The zero-order valence-electron chi connectivity index (χ0n) is 17.0. The van der Waals surface area contributed by atoms with Crippen molar-refractivity contribution in [3.63, 3.8) is 0 Å². The van der Waals surface area contributed by atoms with Crippen molar-refractivity contribution in [2.75, 3.05) is 19.0 Å². The molecule has 9 nitrogen and oxygen atoms in total. The normalized spacial score (nSPS) is 19.4. The SMILES string of the molecule is CO[C@H]1COc2c(S(=O)(=O)NC(=O)Nc3c4c(c(F)c5c3CCC5)CCC4)cnn2C1. The van der Waals surface area contributed by atoms with Gasteiger partial charge in [-0.25, -0.2) is 27.0 Å². The third kappa shape index (κ3) is 3.35. The van der Waals surface area contributed by atoms with Crippen molar-refractivity contribution in [1.29, 1.82) is 0 Å². The number of nitrogens with one attached hydrogen (secondary N) is 2. The number of benzene rings is 1. The minimum absolute atomic E-state index is 0.0668. The molecule has 0 bridgehead atoms. The largest absolute Gasteiger partial charge is 0.474 e. The number of aromatic nitrogens is 2. The number of rotatable bonds is 4. The highest BCUT2D eigenvalue weighted by atomic mass is 32.2. The second-order valence-electron chi connectivity index (χ2n) is 8.03. The Balaban J connectivity index is 1.40. The van der Waals surface area contributed by atoms with Gasteiger partial charge in [0.15, 0.2) is 4.90 Å². The van der Waals surface area contributed by atoms with Crippen molar-refractivity contribution in [2.24, 2.45) is 0 Å². The van der Waals surface area contributed by atoms with Crippen LogP contribution in [0, 0.1) is 5.82 Å². The molecule has 2 N–H and O–H groups in total. The molecule has 0 fully saturated rings. The summed E-state index contributed by atoms with van der Waals surface area (Å²) in [7, 11) is -2.69. The number of sulfonamides is 1. The van der Waals surface area contributed by atoms with Gasteiger partial charge in [0.05, 0.1) is 12.7 Å². The zero-order valence-corrected chi connectivity index (χ0v) is 17.8. The van der Waals surface area contributed by atoms with E-state index in [4.69, 9.17) is 9.47 Å². The van der Waals surface area contributed by atoms with Gasteiger partial charge in [0.2, 0.25) is 5.88 Å². The Hall–Kier alpha value is -2.66. The lowest BCUT2D eigenvalue weighted by Crippen LogP contribution is -2.36. The van der Waals surface area contributed by atoms with E-state index in [2.05, 4.69) is 10.4 Å². The predicted molar refractivity (Wildman–Crippen MR) is 108 cm³/mol. The average Bonchev–Trinajstić information content (AvgIpc) is 3.49. The van der Waals surface area contributed by atoms with E-state index in [9.17, 15) is 17.6 Å². The summed E-state index contributed by atoms with van der Waals surface area (Å²) >= 11 is 0. The summed E-state index contributed by atoms with van der Waals surface area (Å²) in [5.74, 6) is -0.0891. The molecule has 0 spiro atoms. The van der Waals surface area contributed by atoms with Crippen LogP contribution in [0.3, 0.4) is 0 Å². The molecule has 166 valence electrons. The van der Waals surface area contributed by atoms with Crippen LogP contribution in [-0.2, 0) is 47.0 Å². The first kappa shape index (κ1) is 20.3. The summed E-state index contributed by atoms with van der Waals surface area (Å²) in [6, 6.07) is -0.889. The number of carbonyl (C=O) groups excluding carboxylic acids is 1. The van der Waals surface area contributed by atoms with E-state index in [1.165, 1.54) is 11.8 Å². The van der Waals surface area contributed by atoms with E-state index in [-0.39, 0.29) is 29.3 Å². The average molecular weight is 450 g/mol. The molecule has 11 heteroatoms. The number of carbonyl (C=O) groups is 1. The number of hydrogen-bond donors (Lipinski definition) is 2. The van der Waals surface area contributed by atoms with Gasteiger partial charge in [-0.2, -0.15) is 5.10 Å². The molecule has 1 aromatic carbocycles. The summed E-state index contributed by atoms with van der Waals surface area (Å²) in [4.78, 5) is 12.5. The fraction of sp³-hybridized carbons (Fsp3) is 0.500. The summed E-state index contributed by atoms with van der Waals surface area (Å²) in [5.41, 5.74) is 3.41. The number of amides is 2. The maximum atomic E-state index is 14.8. The van der Waals surface area contributed by atoms with Gasteiger partial charge in [-0.15, -0.1) is 0 Å². The molecule has 5 rings (SSSR count). The maximum absolute atomic E-state index is 14.8. The molecular formula is C20H23FN4O5S. The number of ether oxygens (including phenoxy) is 2. The van der Waals surface area contributed by atoms with Crippen molar-refractivity contribution in [3.05, 3.63) is 34.3 Å². The van der Waals surface area contributed by atoms with E-state index in [0.717, 1.165) is 30.2 Å². The zero-order chi connectivity index (χ0) is 21.8. The van der Waals surface area contributed by atoms with Gasteiger partial charge in [0.25, 0.3) is 10.0 Å². The molecule has 3 aliphatic rings. The number of urea groups is 1. The lowest BCUT2D eigenvalue weighted by molar-refractivity contribution is 0.0165. The Morgan fingerprint density at radius 2 is 1.84 bits per heavy atom. The van der Waals surface area contributed by atoms with Crippen LogP contribution >= 0.6 is 0 Å². The van der Waals surface area contributed by atoms with Crippen molar-refractivity contribution in [1.82, 2.24) is 14.5 Å². The summed E-state index contributed by atoms with van der Waals surface area (Å²) in [6.07, 6.45) is 5.12. The third-order valence-electron chi connectivity index (χ3n) is 6.20. The Morgan fingerprint density at radius 3 is 2.48 bits per heavy atom. The number of hydrogen-bond acceptors (Lipinski definition) is 6. The van der Waals surface area contributed by atoms with Gasteiger partial charge >= 0.3 is 6.03 Å². The molecule has 1 aliphatic heterocycles. The smallest absolute Gasteiger partial charge is 0.333 e. The number of anilines is 1. The Bertz CT molecular complexity index is 1140. The highest BCUT2D eigenvalue weighted by Gasteiger charge is 2.33. The number of methoxy groups -OCH3 is 1. The summed E-state index contributed by atoms with van der Waals surface area (Å²) in [5, 5.41) is 6.74. The molecule has 2 amide bonds. The minimum Gasteiger partial charge on any atom is -0.474 e. The third-order valence-corrected chi connectivity index (χ3v) is 7.51. The molecule has 0 saturated heterocycles. The summed E-state index contributed by atoms with van der Waals surface area (Å²) in [6.45, 7) is 0.534. The topological polar surface area (TPSA) is 112 Å². The lowest BCUT2D eigenvalue weighted by Gasteiger charge is -2.23. The summed E-state index contributed by atoms with van der Waals surface area (Å²) < 4.78 is 54.6. The molecule has 0 radical (unpaired) electrons. The van der Waals surface area contributed by atoms with Gasteiger partial charge in [-0.3, -0.25) is 0 Å². The van der Waals surface area contributed by atoms with Gasteiger partial charge in [-0.1, -0.05) is 0 Å². The van der Waals surface area contributed by atoms with Crippen molar-refractivity contribution < 1.29 is 27.1 Å². The highest BCUT2D eigenvalue weighted by molar-refractivity contribution is 7.90. The molecular weight excluding hydrogens is 427 g/mol. The van der Waals surface area contributed by atoms with Crippen LogP contribution in [0.15, 0.2) is 11.1 Å². The first-order valence-corrected chi connectivity index (χ1v) is 11.8. The Kier molecular flexibility index (Phi) is 4.89. The first-order valence-electron chi connectivity index (χ1n) is 10.3. The second-order valence-corrected chi connectivity index (χ2v) is 9.69.